The Balaban J connectivity index is 1.98. The molecule has 3 heteroatoms. The molecule has 0 radical (unpaired) electrons. The fourth-order valence-electron chi connectivity index (χ4n) is 1.89. The first-order valence-corrected chi connectivity index (χ1v) is 5.79. The highest BCUT2D eigenvalue weighted by Crippen LogP contribution is 2.22. The van der Waals surface area contributed by atoms with Crippen LogP contribution in [-0.4, -0.2) is 19.8 Å². The number of aryl methyl sites for hydroxylation is 1. The van der Waals surface area contributed by atoms with Crippen LogP contribution in [0.5, 0.6) is 5.75 Å². The number of nitrogens with two attached hydrogens (primary N) is 1. The van der Waals surface area contributed by atoms with Gasteiger partial charge in [-0.2, -0.15) is 0 Å². The molecule has 0 amide bonds. The molecular weight excluding hydrogens is 202 g/mol. The van der Waals surface area contributed by atoms with Gasteiger partial charge in [-0.25, -0.2) is 0 Å². The Labute approximate surface area is 96.5 Å². The van der Waals surface area contributed by atoms with Gasteiger partial charge in [0.05, 0.1) is 13.2 Å². The summed E-state index contributed by atoms with van der Waals surface area (Å²) in [5.41, 5.74) is 7.96. The van der Waals surface area contributed by atoms with Gasteiger partial charge in [0, 0.05) is 24.6 Å². The molecule has 0 saturated carbocycles. The van der Waals surface area contributed by atoms with Crippen LogP contribution < -0.4 is 10.5 Å². The maximum Gasteiger partial charge on any atom is 0.124 e. The predicted molar refractivity (Wildman–Crippen MR) is 63.5 cm³/mol. The van der Waals surface area contributed by atoms with Crippen molar-refractivity contribution in [2.75, 3.05) is 19.8 Å². The Morgan fingerprint density at radius 1 is 1.50 bits per heavy atom. The highest BCUT2D eigenvalue weighted by atomic mass is 16.5. The molecule has 1 aliphatic heterocycles. The van der Waals surface area contributed by atoms with E-state index in [0.29, 0.717) is 12.5 Å². The monoisotopic (exact) mass is 221 g/mol. The van der Waals surface area contributed by atoms with Crippen LogP contribution in [0, 0.1) is 12.8 Å². The van der Waals surface area contributed by atoms with Crippen molar-refractivity contribution in [3.05, 3.63) is 29.3 Å². The van der Waals surface area contributed by atoms with E-state index in [0.717, 1.165) is 37.6 Å². The summed E-state index contributed by atoms with van der Waals surface area (Å²) in [6.07, 6.45) is 1.10. The van der Waals surface area contributed by atoms with E-state index in [2.05, 4.69) is 19.1 Å². The van der Waals surface area contributed by atoms with Crippen LogP contribution >= 0.6 is 0 Å². The molecule has 1 aromatic carbocycles. The van der Waals surface area contributed by atoms with Crippen LogP contribution in [0.25, 0.3) is 0 Å². The van der Waals surface area contributed by atoms with Gasteiger partial charge < -0.3 is 15.2 Å². The Kier molecular flexibility index (Phi) is 3.80. The number of rotatable bonds is 4. The van der Waals surface area contributed by atoms with Crippen LogP contribution in [-0.2, 0) is 11.3 Å². The molecule has 2 N–H and O–H groups in total. The van der Waals surface area contributed by atoms with Crippen LogP contribution in [0.3, 0.4) is 0 Å². The quantitative estimate of drug-likeness (QED) is 0.844. The molecule has 1 aliphatic rings. The maximum absolute atomic E-state index is 5.83. The highest BCUT2D eigenvalue weighted by Gasteiger charge is 2.16. The van der Waals surface area contributed by atoms with E-state index < -0.39 is 0 Å². The minimum atomic E-state index is 0.525. The summed E-state index contributed by atoms with van der Waals surface area (Å²) in [7, 11) is 0. The van der Waals surface area contributed by atoms with Crippen molar-refractivity contribution < 1.29 is 9.47 Å². The van der Waals surface area contributed by atoms with Gasteiger partial charge in [-0.1, -0.05) is 12.1 Å². The minimum Gasteiger partial charge on any atom is -0.493 e. The van der Waals surface area contributed by atoms with E-state index in [1.807, 2.05) is 6.07 Å². The molecule has 0 aliphatic carbocycles. The van der Waals surface area contributed by atoms with Crippen LogP contribution in [0.1, 0.15) is 17.5 Å². The summed E-state index contributed by atoms with van der Waals surface area (Å²) in [5.74, 6) is 1.46. The highest BCUT2D eigenvalue weighted by molar-refractivity contribution is 5.36. The normalized spacial score (nSPS) is 20.0. The van der Waals surface area contributed by atoms with Crippen LogP contribution in [0.4, 0.5) is 0 Å². The van der Waals surface area contributed by atoms with Crippen molar-refractivity contribution >= 4 is 0 Å². The summed E-state index contributed by atoms with van der Waals surface area (Å²) >= 11 is 0. The Morgan fingerprint density at radius 3 is 3.06 bits per heavy atom. The van der Waals surface area contributed by atoms with Crippen molar-refractivity contribution in [2.24, 2.45) is 11.7 Å². The number of benzene rings is 1. The molecule has 88 valence electrons. The molecule has 1 saturated heterocycles. The molecule has 0 spiro atoms. The zero-order valence-electron chi connectivity index (χ0n) is 9.74. The lowest BCUT2D eigenvalue weighted by atomic mass is 10.1. The molecule has 1 aromatic rings. The molecule has 0 bridgehead atoms. The van der Waals surface area contributed by atoms with Crippen molar-refractivity contribution in [3.63, 3.8) is 0 Å². The SMILES string of the molecule is Cc1ccc(CN)c(OC[C@H]2CCOC2)c1. The van der Waals surface area contributed by atoms with E-state index in [-0.39, 0.29) is 0 Å². The largest absolute Gasteiger partial charge is 0.493 e. The van der Waals surface area contributed by atoms with Crippen molar-refractivity contribution in [2.45, 2.75) is 19.9 Å². The summed E-state index contributed by atoms with van der Waals surface area (Å²) in [4.78, 5) is 0. The average Bonchev–Trinajstić information content (AvgIpc) is 2.79. The third kappa shape index (κ3) is 2.74. The summed E-state index contributed by atoms with van der Waals surface area (Å²) in [6, 6.07) is 6.15. The number of hydrogen-bond acceptors (Lipinski definition) is 3. The Hall–Kier alpha value is -1.06. The Morgan fingerprint density at radius 2 is 2.38 bits per heavy atom. The molecule has 1 atom stereocenters. The Bertz CT molecular complexity index is 346. The second-order valence-corrected chi connectivity index (χ2v) is 4.36. The van der Waals surface area contributed by atoms with Crippen molar-refractivity contribution in [1.29, 1.82) is 0 Å². The van der Waals surface area contributed by atoms with E-state index >= 15 is 0 Å². The first kappa shape index (κ1) is 11.4. The van der Waals surface area contributed by atoms with E-state index in [4.69, 9.17) is 15.2 Å². The van der Waals surface area contributed by atoms with Gasteiger partial charge >= 0.3 is 0 Å². The maximum atomic E-state index is 5.83. The zero-order chi connectivity index (χ0) is 11.4. The second kappa shape index (κ2) is 5.32. The first-order valence-electron chi connectivity index (χ1n) is 5.79. The van der Waals surface area contributed by atoms with Gasteiger partial charge in [0.1, 0.15) is 5.75 Å². The molecule has 1 fully saturated rings. The lowest BCUT2D eigenvalue weighted by molar-refractivity contribution is 0.166. The zero-order valence-corrected chi connectivity index (χ0v) is 9.74. The second-order valence-electron chi connectivity index (χ2n) is 4.36. The minimum absolute atomic E-state index is 0.525. The third-order valence-corrected chi connectivity index (χ3v) is 2.94. The number of hydrogen-bond donors (Lipinski definition) is 1. The molecular formula is C13H19NO2. The van der Waals surface area contributed by atoms with Gasteiger partial charge in [-0.05, 0) is 25.0 Å². The lowest BCUT2D eigenvalue weighted by Gasteiger charge is -2.13. The smallest absolute Gasteiger partial charge is 0.124 e. The summed E-state index contributed by atoms with van der Waals surface area (Å²) < 4.78 is 11.2. The van der Waals surface area contributed by atoms with E-state index in [9.17, 15) is 0 Å². The molecule has 3 nitrogen and oxygen atoms in total. The topological polar surface area (TPSA) is 44.5 Å². The summed E-state index contributed by atoms with van der Waals surface area (Å²) in [5, 5.41) is 0. The molecule has 2 rings (SSSR count). The number of ether oxygens (including phenoxy) is 2. The molecule has 0 aromatic heterocycles. The van der Waals surface area contributed by atoms with E-state index in [1.54, 1.807) is 0 Å². The van der Waals surface area contributed by atoms with Crippen molar-refractivity contribution in [1.82, 2.24) is 0 Å². The van der Waals surface area contributed by atoms with Gasteiger partial charge in [0.25, 0.3) is 0 Å². The van der Waals surface area contributed by atoms with Crippen molar-refractivity contribution in [3.8, 4) is 5.75 Å². The first-order chi connectivity index (χ1) is 7.79. The van der Waals surface area contributed by atoms with Gasteiger partial charge in [-0.3, -0.25) is 0 Å². The average molecular weight is 221 g/mol. The fraction of sp³-hybridized carbons (Fsp3) is 0.538. The predicted octanol–water partition coefficient (Wildman–Crippen LogP) is 1.87. The standard InChI is InChI=1S/C13H19NO2/c1-10-2-3-12(7-14)13(6-10)16-9-11-4-5-15-8-11/h2-3,6,11H,4-5,7-9,14H2,1H3/t11-/m0/s1. The van der Waals surface area contributed by atoms with Gasteiger partial charge in [-0.15, -0.1) is 0 Å². The summed E-state index contributed by atoms with van der Waals surface area (Å²) in [6.45, 7) is 5.01. The van der Waals surface area contributed by atoms with Gasteiger partial charge in [0.15, 0.2) is 0 Å². The van der Waals surface area contributed by atoms with Crippen LogP contribution in [0.2, 0.25) is 0 Å². The lowest BCUT2D eigenvalue weighted by Crippen LogP contribution is -2.13. The fourth-order valence-corrected chi connectivity index (χ4v) is 1.89. The molecule has 1 heterocycles. The van der Waals surface area contributed by atoms with Gasteiger partial charge in [0.2, 0.25) is 0 Å². The molecule has 16 heavy (non-hydrogen) atoms. The van der Waals surface area contributed by atoms with Crippen LogP contribution in [0.15, 0.2) is 18.2 Å². The molecule has 0 unspecified atom stereocenters. The third-order valence-electron chi connectivity index (χ3n) is 2.94. The van der Waals surface area contributed by atoms with E-state index in [1.165, 1.54) is 5.56 Å².